The zero-order valence-corrected chi connectivity index (χ0v) is 20.0. The van der Waals surface area contributed by atoms with Crippen LogP contribution >= 0.6 is 0 Å². The van der Waals surface area contributed by atoms with Gasteiger partial charge >= 0.3 is 6.18 Å². The summed E-state index contributed by atoms with van der Waals surface area (Å²) in [4.78, 5) is 32.7. The van der Waals surface area contributed by atoms with Crippen LogP contribution < -0.4 is 10.2 Å². The van der Waals surface area contributed by atoms with Gasteiger partial charge in [0.2, 0.25) is 5.91 Å². The van der Waals surface area contributed by atoms with Gasteiger partial charge in [-0.15, -0.1) is 0 Å². The first-order valence-electron chi connectivity index (χ1n) is 11.9. The molecule has 0 radical (unpaired) electrons. The first-order valence-corrected chi connectivity index (χ1v) is 11.9. The Bertz CT molecular complexity index is 1220. The molecule has 6 nitrogen and oxygen atoms in total. The minimum atomic E-state index is -4.60. The summed E-state index contributed by atoms with van der Waals surface area (Å²) in [5.41, 5.74) is 0.475. The molecule has 4 rings (SSSR count). The second kappa shape index (κ2) is 11.4. The van der Waals surface area contributed by atoms with E-state index in [0.29, 0.717) is 38.2 Å². The molecule has 37 heavy (non-hydrogen) atoms. The van der Waals surface area contributed by atoms with Crippen LogP contribution in [0, 0.1) is 5.82 Å². The lowest BCUT2D eigenvalue weighted by molar-refractivity contribution is -0.138. The number of amides is 2. The molecule has 0 spiro atoms. The number of benzene rings is 2. The molecular weight excluding hydrogens is 488 g/mol. The van der Waals surface area contributed by atoms with Crippen molar-refractivity contribution < 1.29 is 27.2 Å². The fourth-order valence-corrected chi connectivity index (χ4v) is 4.21. The van der Waals surface area contributed by atoms with Gasteiger partial charge in [0, 0.05) is 32.6 Å². The van der Waals surface area contributed by atoms with Gasteiger partial charge < -0.3 is 15.1 Å². The van der Waals surface area contributed by atoms with Crippen molar-refractivity contribution in [1.82, 2.24) is 9.88 Å². The average Bonchev–Trinajstić information content (AvgIpc) is 2.89. The number of hydrogen-bond donors (Lipinski definition) is 1. The van der Waals surface area contributed by atoms with Gasteiger partial charge in [0.15, 0.2) is 0 Å². The Kier molecular flexibility index (Phi) is 8.05. The van der Waals surface area contributed by atoms with E-state index >= 15 is 0 Å². The van der Waals surface area contributed by atoms with Crippen molar-refractivity contribution in [3.8, 4) is 0 Å². The molecule has 2 aromatic carbocycles. The Morgan fingerprint density at radius 2 is 1.62 bits per heavy atom. The van der Waals surface area contributed by atoms with Gasteiger partial charge in [0.05, 0.1) is 23.0 Å². The SMILES string of the molecule is O=C(CCCc1ccc(F)cc1)Nc1ccc(N2CCN(C(=O)c3ccccc3C(F)(F)F)CC2)cn1. The van der Waals surface area contributed by atoms with Crippen LogP contribution in [0.25, 0.3) is 0 Å². The number of aromatic nitrogens is 1. The van der Waals surface area contributed by atoms with E-state index in [1.54, 1.807) is 30.5 Å². The molecule has 0 atom stereocenters. The number of alkyl halides is 3. The zero-order chi connectivity index (χ0) is 26.4. The van der Waals surface area contributed by atoms with Crippen LogP contribution in [0.15, 0.2) is 66.9 Å². The quantitative estimate of drug-likeness (QED) is 0.443. The molecule has 0 aliphatic carbocycles. The highest BCUT2D eigenvalue weighted by Crippen LogP contribution is 2.32. The highest BCUT2D eigenvalue weighted by atomic mass is 19.4. The predicted molar refractivity (Wildman–Crippen MR) is 132 cm³/mol. The Labute approximate surface area is 211 Å². The molecule has 1 saturated heterocycles. The summed E-state index contributed by atoms with van der Waals surface area (Å²) in [6.45, 7) is 1.43. The second-order valence-corrected chi connectivity index (χ2v) is 8.75. The summed E-state index contributed by atoms with van der Waals surface area (Å²) < 4.78 is 52.8. The summed E-state index contributed by atoms with van der Waals surface area (Å²) in [5, 5.41) is 2.75. The van der Waals surface area contributed by atoms with Crippen molar-refractivity contribution in [3.05, 3.63) is 89.4 Å². The monoisotopic (exact) mass is 514 g/mol. The summed E-state index contributed by atoms with van der Waals surface area (Å²) in [6, 6.07) is 14.5. The molecule has 0 unspecified atom stereocenters. The molecule has 0 saturated carbocycles. The van der Waals surface area contributed by atoms with Crippen molar-refractivity contribution in [2.24, 2.45) is 0 Å². The molecule has 3 aromatic rings. The molecule has 1 aromatic heterocycles. The number of anilines is 2. The van der Waals surface area contributed by atoms with Gasteiger partial charge in [-0.1, -0.05) is 24.3 Å². The van der Waals surface area contributed by atoms with Gasteiger partial charge in [0.25, 0.3) is 5.91 Å². The van der Waals surface area contributed by atoms with E-state index in [4.69, 9.17) is 0 Å². The number of hydrogen-bond acceptors (Lipinski definition) is 4. The number of aryl methyl sites for hydroxylation is 1. The average molecular weight is 515 g/mol. The van der Waals surface area contributed by atoms with Crippen molar-refractivity contribution in [2.45, 2.75) is 25.4 Å². The van der Waals surface area contributed by atoms with E-state index in [1.165, 1.54) is 35.2 Å². The van der Waals surface area contributed by atoms with Gasteiger partial charge in [-0.3, -0.25) is 9.59 Å². The van der Waals surface area contributed by atoms with Crippen LogP contribution in [0.5, 0.6) is 0 Å². The third-order valence-corrected chi connectivity index (χ3v) is 6.19. The molecule has 2 heterocycles. The normalized spacial score (nSPS) is 13.9. The summed E-state index contributed by atoms with van der Waals surface area (Å²) in [7, 11) is 0. The van der Waals surface area contributed by atoms with E-state index in [2.05, 4.69) is 10.3 Å². The lowest BCUT2D eigenvalue weighted by Crippen LogP contribution is -2.49. The fourth-order valence-electron chi connectivity index (χ4n) is 4.21. The Balaban J connectivity index is 1.26. The minimum absolute atomic E-state index is 0.173. The predicted octanol–water partition coefficient (Wildman–Crippen LogP) is 5.16. The highest BCUT2D eigenvalue weighted by molar-refractivity contribution is 5.96. The van der Waals surface area contributed by atoms with E-state index in [9.17, 15) is 27.2 Å². The van der Waals surface area contributed by atoms with E-state index in [-0.39, 0.29) is 30.4 Å². The van der Waals surface area contributed by atoms with Crippen LogP contribution in [-0.2, 0) is 17.4 Å². The first-order chi connectivity index (χ1) is 17.7. The van der Waals surface area contributed by atoms with Crippen LogP contribution in [0.3, 0.4) is 0 Å². The van der Waals surface area contributed by atoms with E-state index in [0.717, 1.165) is 17.3 Å². The van der Waals surface area contributed by atoms with Crippen molar-refractivity contribution in [1.29, 1.82) is 0 Å². The van der Waals surface area contributed by atoms with Gasteiger partial charge in [0.1, 0.15) is 11.6 Å². The number of pyridine rings is 1. The maximum atomic E-state index is 13.3. The Hall–Kier alpha value is -3.95. The smallest absolute Gasteiger partial charge is 0.367 e. The number of carbonyl (C=O) groups excluding carboxylic acids is 2. The molecule has 1 N–H and O–H groups in total. The lowest BCUT2D eigenvalue weighted by Gasteiger charge is -2.36. The third-order valence-electron chi connectivity index (χ3n) is 6.19. The topological polar surface area (TPSA) is 65.5 Å². The molecule has 1 aliphatic heterocycles. The van der Waals surface area contributed by atoms with Crippen LogP contribution in [0.2, 0.25) is 0 Å². The summed E-state index contributed by atoms with van der Waals surface area (Å²) in [6.07, 6.45) is -1.40. The molecule has 2 amide bonds. The van der Waals surface area contributed by atoms with Crippen molar-refractivity contribution in [2.75, 3.05) is 36.4 Å². The number of rotatable bonds is 7. The maximum Gasteiger partial charge on any atom is 0.417 e. The highest BCUT2D eigenvalue weighted by Gasteiger charge is 2.36. The van der Waals surface area contributed by atoms with E-state index < -0.39 is 17.6 Å². The summed E-state index contributed by atoms with van der Waals surface area (Å²) in [5.74, 6) is -0.692. The fraction of sp³-hybridized carbons (Fsp3) is 0.296. The van der Waals surface area contributed by atoms with Gasteiger partial charge in [-0.25, -0.2) is 9.37 Å². The maximum absolute atomic E-state index is 13.3. The van der Waals surface area contributed by atoms with Crippen molar-refractivity contribution >= 4 is 23.3 Å². The largest absolute Gasteiger partial charge is 0.417 e. The molecule has 0 bridgehead atoms. The second-order valence-electron chi connectivity index (χ2n) is 8.75. The van der Waals surface area contributed by atoms with E-state index in [1.807, 2.05) is 4.90 Å². The number of piperazine rings is 1. The number of nitrogens with one attached hydrogen (secondary N) is 1. The molecule has 1 aliphatic rings. The molecule has 10 heteroatoms. The third kappa shape index (κ3) is 6.84. The lowest BCUT2D eigenvalue weighted by atomic mass is 10.1. The number of halogens is 4. The number of carbonyl (C=O) groups is 2. The standard InChI is InChI=1S/C27H26F4N4O2/c28-20-10-8-19(9-11-20)4-3-7-25(36)33-24-13-12-21(18-32-24)34-14-16-35(17-15-34)26(37)22-5-1-2-6-23(22)27(29,30)31/h1-2,5-6,8-13,18H,3-4,7,14-17H2,(H,32,33,36). The summed E-state index contributed by atoms with van der Waals surface area (Å²) >= 11 is 0. The molecular formula is C27H26F4N4O2. The van der Waals surface area contributed by atoms with Crippen LogP contribution in [0.1, 0.15) is 34.3 Å². The van der Waals surface area contributed by atoms with Gasteiger partial charge in [-0.2, -0.15) is 13.2 Å². The minimum Gasteiger partial charge on any atom is -0.367 e. The first kappa shape index (κ1) is 26.1. The molecule has 194 valence electrons. The number of nitrogens with zero attached hydrogens (tertiary/aromatic N) is 3. The van der Waals surface area contributed by atoms with Crippen LogP contribution in [0.4, 0.5) is 29.1 Å². The van der Waals surface area contributed by atoms with Crippen LogP contribution in [-0.4, -0.2) is 47.9 Å². The van der Waals surface area contributed by atoms with Gasteiger partial charge in [-0.05, 0) is 54.8 Å². The Morgan fingerprint density at radius 1 is 0.919 bits per heavy atom. The zero-order valence-electron chi connectivity index (χ0n) is 20.0. The Morgan fingerprint density at radius 3 is 2.27 bits per heavy atom. The molecule has 1 fully saturated rings. The van der Waals surface area contributed by atoms with Crippen molar-refractivity contribution in [3.63, 3.8) is 0 Å².